The molecule has 3 rings (SSSR count). The molecule has 178 valence electrons. The summed E-state index contributed by atoms with van der Waals surface area (Å²) < 4.78 is 31.4. The lowest BCUT2D eigenvalue weighted by molar-refractivity contribution is -0.147. The number of para-hydroxylation sites is 1. The minimum absolute atomic E-state index is 0.0675. The number of hydrogen-bond donors (Lipinski definition) is 2. The highest BCUT2D eigenvalue weighted by atomic mass is 32.2. The first-order chi connectivity index (χ1) is 16.3. The first-order valence-corrected chi connectivity index (χ1v) is 12.4. The summed E-state index contributed by atoms with van der Waals surface area (Å²) in [6, 6.07) is 21.4. The third kappa shape index (κ3) is 6.45. The van der Waals surface area contributed by atoms with E-state index in [4.69, 9.17) is 4.74 Å². The highest BCUT2D eigenvalue weighted by Gasteiger charge is 2.24. The third-order valence-electron chi connectivity index (χ3n) is 5.14. The zero-order chi connectivity index (χ0) is 24.6. The van der Waals surface area contributed by atoms with Crippen LogP contribution < -0.4 is 10.6 Å². The van der Waals surface area contributed by atoms with E-state index in [2.05, 4.69) is 10.6 Å². The molecule has 0 fully saturated rings. The maximum atomic E-state index is 13.2. The van der Waals surface area contributed by atoms with E-state index < -0.39 is 27.8 Å². The molecule has 0 spiro atoms. The van der Waals surface area contributed by atoms with Gasteiger partial charge in [-0.3, -0.25) is 4.79 Å². The van der Waals surface area contributed by atoms with Crippen molar-refractivity contribution in [1.29, 1.82) is 0 Å². The minimum atomic E-state index is -3.79. The maximum absolute atomic E-state index is 13.2. The molecule has 0 unspecified atom stereocenters. The van der Waals surface area contributed by atoms with E-state index in [1.165, 1.54) is 6.07 Å². The zero-order valence-corrected chi connectivity index (χ0v) is 20.0. The summed E-state index contributed by atoms with van der Waals surface area (Å²) in [4.78, 5) is 25.3. The van der Waals surface area contributed by atoms with E-state index in [1.807, 2.05) is 37.3 Å². The second-order valence-corrected chi connectivity index (χ2v) is 9.65. The second kappa shape index (κ2) is 11.5. The predicted molar refractivity (Wildman–Crippen MR) is 130 cm³/mol. The Morgan fingerprint density at radius 3 is 2.24 bits per heavy atom. The van der Waals surface area contributed by atoms with E-state index in [0.29, 0.717) is 5.69 Å². The number of aryl methyl sites for hydroxylation is 1. The molecular formula is C26H28N2O5S. The predicted octanol–water partition coefficient (Wildman–Crippen LogP) is 3.53. The van der Waals surface area contributed by atoms with Crippen molar-refractivity contribution in [3.8, 4) is 0 Å². The van der Waals surface area contributed by atoms with Crippen molar-refractivity contribution >= 4 is 27.4 Å². The van der Waals surface area contributed by atoms with E-state index >= 15 is 0 Å². The van der Waals surface area contributed by atoms with Gasteiger partial charge in [-0.25, -0.2) is 13.2 Å². The second-order valence-electron chi connectivity index (χ2n) is 7.73. The molecule has 0 bridgehead atoms. The topological polar surface area (TPSA) is 102 Å². The Morgan fingerprint density at radius 2 is 1.56 bits per heavy atom. The van der Waals surface area contributed by atoms with Gasteiger partial charge in [-0.1, -0.05) is 60.2 Å². The van der Waals surface area contributed by atoms with E-state index in [9.17, 15) is 18.0 Å². The van der Waals surface area contributed by atoms with Gasteiger partial charge in [0.25, 0.3) is 0 Å². The fraction of sp³-hybridized carbons (Fsp3) is 0.231. The van der Waals surface area contributed by atoms with Gasteiger partial charge in [0.05, 0.1) is 28.6 Å². The van der Waals surface area contributed by atoms with Crippen LogP contribution in [0.1, 0.15) is 18.1 Å². The number of sulfone groups is 1. The Balaban J connectivity index is 1.72. The number of esters is 1. The molecule has 7 nitrogen and oxygen atoms in total. The zero-order valence-electron chi connectivity index (χ0n) is 19.2. The Morgan fingerprint density at radius 1 is 0.912 bits per heavy atom. The van der Waals surface area contributed by atoms with Gasteiger partial charge < -0.3 is 15.4 Å². The smallest absolute Gasteiger partial charge is 0.328 e. The highest BCUT2D eigenvalue weighted by Crippen LogP contribution is 2.27. The van der Waals surface area contributed by atoms with E-state index in [1.54, 1.807) is 49.4 Å². The van der Waals surface area contributed by atoms with Crippen LogP contribution in [0.3, 0.4) is 0 Å². The molecule has 0 aromatic heterocycles. The molecule has 0 aliphatic carbocycles. The summed E-state index contributed by atoms with van der Waals surface area (Å²) in [6.45, 7) is 3.56. The lowest BCUT2D eigenvalue weighted by Crippen LogP contribution is -2.45. The van der Waals surface area contributed by atoms with Crippen molar-refractivity contribution in [1.82, 2.24) is 5.32 Å². The van der Waals surface area contributed by atoms with E-state index in [-0.39, 0.29) is 29.4 Å². The van der Waals surface area contributed by atoms with Crippen LogP contribution in [-0.2, 0) is 30.6 Å². The third-order valence-corrected chi connectivity index (χ3v) is 6.96. The highest BCUT2D eigenvalue weighted by molar-refractivity contribution is 7.91. The van der Waals surface area contributed by atoms with Crippen molar-refractivity contribution < 1.29 is 22.7 Å². The Labute approximate surface area is 200 Å². The molecule has 1 amide bonds. The summed E-state index contributed by atoms with van der Waals surface area (Å²) in [6.07, 6.45) is 0.282. The number of amides is 1. The van der Waals surface area contributed by atoms with Gasteiger partial charge in [0.1, 0.15) is 6.04 Å². The average Bonchev–Trinajstić information content (AvgIpc) is 2.83. The number of anilines is 1. The number of nitrogens with one attached hydrogen (secondary N) is 2. The van der Waals surface area contributed by atoms with Crippen LogP contribution in [0.25, 0.3) is 0 Å². The number of carbonyl (C=O) groups is 2. The number of ether oxygens (including phenoxy) is 1. The molecule has 0 heterocycles. The normalized spacial score (nSPS) is 11.9. The first kappa shape index (κ1) is 25.0. The fourth-order valence-corrected chi connectivity index (χ4v) is 4.83. The molecule has 34 heavy (non-hydrogen) atoms. The molecule has 3 aromatic carbocycles. The molecule has 8 heteroatoms. The van der Waals surface area contributed by atoms with Crippen LogP contribution in [0.4, 0.5) is 5.69 Å². The van der Waals surface area contributed by atoms with Crippen molar-refractivity contribution in [2.75, 3.05) is 18.5 Å². The number of benzene rings is 3. The van der Waals surface area contributed by atoms with Gasteiger partial charge in [-0.05, 0) is 43.7 Å². The van der Waals surface area contributed by atoms with Crippen LogP contribution in [0.2, 0.25) is 0 Å². The van der Waals surface area contributed by atoms with Gasteiger partial charge in [0.15, 0.2) is 0 Å². The molecule has 0 saturated carbocycles. The standard InChI is InChI=1S/C26H28N2O5S/c1-3-33-26(30)23(17-20-9-5-4-6-10-20)28-25(29)18-27-22-11-7-8-12-24(22)34(31,32)21-15-13-19(2)14-16-21/h4-16,23,27H,3,17-18H2,1-2H3,(H,28,29)/t23-/m0/s1. The van der Waals surface area contributed by atoms with Crippen LogP contribution in [-0.4, -0.2) is 39.5 Å². The van der Waals surface area contributed by atoms with Gasteiger partial charge >= 0.3 is 5.97 Å². The first-order valence-electron chi connectivity index (χ1n) is 11.0. The minimum Gasteiger partial charge on any atom is -0.464 e. The monoisotopic (exact) mass is 480 g/mol. The van der Waals surface area contributed by atoms with Gasteiger partial charge in [-0.15, -0.1) is 0 Å². The summed E-state index contributed by atoms with van der Waals surface area (Å²) >= 11 is 0. The number of carbonyl (C=O) groups excluding carboxylic acids is 2. The number of rotatable bonds is 10. The molecule has 2 N–H and O–H groups in total. The van der Waals surface area contributed by atoms with Crippen LogP contribution in [0.5, 0.6) is 0 Å². The molecular weight excluding hydrogens is 452 g/mol. The molecule has 0 aliphatic rings. The lowest BCUT2D eigenvalue weighted by Gasteiger charge is -2.18. The Kier molecular flexibility index (Phi) is 8.43. The van der Waals surface area contributed by atoms with E-state index in [0.717, 1.165) is 11.1 Å². The summed E-state index contributed by atoms with van der Waals surface area (Å²) in [7, 11) is -3.79. The quantitative estimate of drug-likeness (QED) is 0.431. The SMILES string of the molecule is CCOC(=O)[C@H](Cc1ccccc1)NC(=O)CNc1ccccc1S(=O)(=O)c1ccc(C)cc1. The molecule has 0 aliphatic heterocycles. The van der Waals surface area contributed by atoms with Crippen molar-refractivity contribution in [3.05, 3.63) is 90.0 Å². The Bertz CT molecular complexity index is 1230. The van der Waals surface area contributed by atoms with Crippen molar-refractivity contribution in [3.63, 3.8) is 0 Å². The number of hydrogen-bond acceptors (Lipinski definition) is 6. The summed E-state index contributed by atoms with van der Waals surface area (Å²) in [5, 5.41) is 5.59. The Hall–Kier alpha value is -3.65. The van der Waals surface area contributed by atoms with Crippen molar-refractivity contribution in [2.45, 2.75) is 36.1 Å². The lowest BCUT2D eigenvalue weighted by atomic mass is 10.1. The van der Waals surface area contributed by atoms with Crippen molar-refractivity contribution in [2.24, 2.45) is 0 Å². The maximum Gasteiger partial charge on any atom is 0.328 e. The summed E-state index contributed by atoms with van der Waals surface area (Å²) in [5.74, 6) is -0.987. The molecule has 1 atom stereocenters. The molecule has 3 aromatic rings. The fourth-order valence-electron chi connectivity index (χ4n) is 3.40. The molecule has 0 saturated heterocycles. The van der Waals surface area contributed by atoms with Crippen LogP contribution >= 0.6 is 0 Å². The average molecular weight is 481 g/mol. The largest absolute Gasteiger partial charge is 0.464 e. The summed E-state index contributed by atoms with van der Waals surface area (Å²) in [5.41, 5.74) is 2.13. The van der Waals surface area contributed by atoms with Gasteiger partial charge in [0.2, 0.25) is 15.7 Å². The van der Waals surface area contributed by atoms with Gasteiger partial charge in [0, 0.05) is 6.42 Å². The van der Waals surface area contributed by atoms with Crippen LogP contribution in [0.15, 0.2) is 88.7 Å². The van der Waals surface area contributed by atoms with Crippen LogP contribution in [0, 0.1) is 6.92 Å². The molecule has 0 radical (unpaired) electrons. The van der Waals surface area contributed by atoms with Gasteiger partial charge in [-0.2, -0.15) is 0 Å².